The number of unbranched alkanes of at least 4 members (excludes halogenated alkanes) is 30. The molecule has 0 radical (unpaired) electrons. The average Bonchev–Trinajstić information content (AvgIpc) is 3.24. The molecule has 61 heavy (non-hydrogen) atoms. The predicted molar refractivity (Wildman–Crippen MR) is 240 cm³/mol. The van der Waals surface area contributed by atoms with Gasteiger partial charge in [0, 0.05) is 12.8 Å². The lowest BCUT2D eigenvalue weighted by Gasteiger charge is -2.41. The first-order chi connectivity index (χ1) is 29.4. The first-order valence-electron chi connectivity index (χ1n) is 24.8. The summed E-state index contributed by atoms with van der Waals surface area (Å²) in [7, 11) is -5.11. The van der Waals surface area contributed by atoms with E-state index in [1.165, 1.54) is 154 Å². The quantitative estimate of drug-likeness (QED) is 0.0192. The molecule has 1 rings (SSSR count). The molecule has 13 nitrogen and oxygen atoms in total. The van der Waals surface area contributed by atoms with Crippen LogP contribution < -0.4 is 0 Å². The number of carbonyl (C=O) groups excluding carboxylic acids is 2. The monoisotopic (exact) mass is 895 g/mol. The molecule has 6 atom stereocenters. The van der Waals surface area contributed by atoms with E-state index in [2.05, 4.69) is 13.8 Å². The van der Waals surface area contributed by atoms with Gasteiger partial charge in [0.2, 0.25) is 0 Å². The van der Waals surface area contributed by atoms with E-state index in [1.807, 2.05) is 0 Å². The lowest BCUT2D eigenvalue weighted by Crippen LogP contribution is -2.64. The van der Waals surface area contributed by atoms with Crippen LogP contribution in [0, 0.1) is 0 Å². The highest BCUT2D eigenvalue weighted by Gasteiger charge is 2.51. The third-order valence-electron chi connectivity index (χ3n) is 11.9. The first-order valence-corrected chi connectivity index (χ1v) is 26.3. The highest BCUT2D eigenvalue weighted by atomic mass is 31.2. The molecule has 1 aliphatic rings. The van der Waals surface area contributed by atoms with Crippen molar-refractivity contribution in [1.82, 2.24) is 0 Å². The topological polar surface area (TPSA) is 210 Å². The fraction of sp³-hybridized carbons (Fsp3) is 0.957. The van der Waals surface area contributed by atoms with Crippen LogP contribution in [0.25, 0.3) is 0 Å². The Hall–Kier alpha value is -1.15. The maximum absolute atomic E-state index is 12.8. The van der Waals surface area contributed by atoms with Gasteiger partial charge in [-0.25, -0.2) is 4.57 Å². The molecular formula is C47H91O13P. The molecule has 1 saturated carbocycles. The number of hydrogen-bond donors (Lipinski definition) is 6. The Kier molecular flexibility index (Phi) is 36.2. The zero-order valence-corrected chi connectivity index (χ0v) is 39.4. The SMILES string of the molecule is CCCCCCCCCCCCCCCCCCCCCCC(=O)OC(COC(=O)CCCCCCCCCCCCCC)COP(=O)(O)OC1C(O)C(O)C(O)C(O)C1O. The van der Waals surface area contributed by atoms with Gasteiger partial charge in [0.25, 0.3) is 0 Å². The van der Waals surface area contributed by atoms with Crippen LogP contribution in [0.5, 0.6) is 0 Å². The van der Waals surface area contributed by atoms with Crippen molar-refractivity contribution in [3.63, 3.8) is 0 Å². The van der Waals surface area contributed by atoms with E-state index in [1.54, 1.807) is 0 Å². The Morgan fingerprint density at radius 3 is 1.08 bits per heavy atom. The molecule has 0 aromatic carbocycles. The number of rotatable bonds is 42. The summed E-state index contributed by atoms with van der Waals surface area (Å²) in [6.45, 7) is 3.33. The summed E-state index contributed by atoms with van der Waals surface area (Å²) >= 11 is 0. The second-order valence-corrected chi connectivity index (χ2v) is 19.1. The van der Waals surface area contributed by atoms with Gasteiger partial charge >= 0.3 is 19.8 Å². The van der Waals surface area contributed by atoms with Gasteiger partial charge in [-0.3, -0.25) is 18.6 Å². The molecule has 0 saturated heterocycles. The maximum Gasteiger partial charge on any atom is 0.472 e. The molecule has 1 fully saturated rings. The Labute approximate surface area is 370 Å². The number of esters is 2. The summed E-state index contributed by atoms with van der Waals surface area (Å²) in [6, 6.07) is 0. The third-order valence-corrected chi connectivity index (χ3v) is 12.9. The summed E-state index contributed by atoms with van der Waals surface area (Å²) < 4.78 is 33.6. The molecule has 0 spiro atoms. The highest BCUT2D eigenvalue weighted by Crippen LogP contribution is 2.47. The standard InChI is InChI=1S/C47H91O13P/c1-3-5-7-9-11-13-15-17-18-19-20-21-22-23-24-26-28-30-32-34-36-41(49)59-39(37-57-40(48)35-33-31-29-27-25-16-14-12-10-8-6-4-2)38-58-61(55,56)60-47-45(53)43(51)42(50)44(52)46(47)54/h39,42-47,50-54H,3-38H2,1-2H3,(H,55,56). The summed E-state index contributed by atoms with van der Waals surface area (Å²) in [4.78, 5) is 35.7. The number of aliphatic hydroxyl groups is 5. The zero-order valence-electron chi connectivity index (χ0n) is 38.5. The van der Waals surface area contributed by atoms with E-state index in [9.17, 15) is 44.6 Å². The summed E-state index contributed by atoms with van der Waals surface area (Å²) in [5.41, 5.74) is 0. The Balaban J connectivity index is 2.38. The highest BCUT2D eigenvalue weighted by molar-refractivity contribution is 7.47. The molecule has 0 bridgehead atoms. The lowest BCUT2D eigenvalue weighted by atomic mass is 9.85. The van der Waals surface area contributed by atoms with Crippen molar-refractivity contribution in [2.24, 2.45) is 0 Å². The van der Waals surface area contributed by atoms with Crippen molar-refractivity contribution in [3.8, 4) is 0 Å². The number of carbonyl (C=O) groups is 2. The third kappa shape index (κ3) is 30.6. The summed E-state index contributed by atoms with van der Waals surface area (Å²) in [6.07, 6.45) is 25.9. The molecule has 0 amide bonds. The zero-order chi connectivity index (χ0) is 45.0. The Bertz CT molecular complexity index is 1080. The minimum Gasteiger partial charge on any atom is -0.462 e. The van der Waals surface area contributed by atoms with Gasteiger partial charge < -0.3 is 39.9 Å². The first kappa shape index (κ1) is 57.9. The van der Waals surface area contributed by atoms with Crippen LogP contribution in [0.2, 0.25) is 0 Å². The Morgan fingerprint density at radius 2 is 0.738 bits per heavy atom. The maximum atomic E-state index is 12.8. The number of ether oxygens (including phenoxy) is 2. The smallest absolute Gasteiger partial charge is 0.462 e. The fourth-order valence-electron chi connectivity index (χ4n) is 7.94. The minimum absolute atomic E-state index is 0.105. The van der Waals surface area contributed by atoms with Gasteiger partial charge in [0.15, 0.2) is 6.10 Å². The molecule has 0 aromatic heterocycles. The van der Waals surface area contributed by atoms with Crippen molar-refractivity contribution in [1.29, 1.82) is 0 Å². The van der Waals surface area contributed by atoms with Gasteiger partial charge in [0.05, 0.1) is 6.61 Å². The van der Waals surface area contributed by atoms with E-state index in [0.717, 1.165) is 38.5 Å². The van der Waals surface area contributed by atoms with Crippen LogP contribution in [0.15, 0.2) is 0 Å². The normalized spacial score (nSPS) is 21.9. The molecule has 6 unspecified atom stereocenters. The summed E-state index contributed by atoms with van der Waals surface area (Å²) in [5.74, 6) is -1.08. The Morgan fingerprint density at radius 1 is 0.443 bits per heavy atom. The van der Waals surface area contributed by atoms with Gasteiger partial charge in [-0.1, -0.05) is 206 Å². The fourth-order valence-corrected chi connectivity index (χ4v) is 8.91. The molecule has 362 valence electrons. The van der Waals surface area contributed by atoms with Crippen LogP contribution in [0.4, 0.5) is 0 Å². The van der Waals surface area contributed by atoms with Crippen LogP contribution in [-0.2, 0) is 32.7 Å². The van der Waals surface area contributed by atoms with Crippen molar-refractivity contribution in [2.45, 2.75) is 275 Å². The minimum atomic E-state index is -5.11. The van der Waals surface area contributed by atoms with E-state index < -0.39 is 75.7 Å². The second-order valence-electron chi connectivity index (χ2n) is 17.7. The largest absolute Gasteiger partial charge is 0.472 e. The van der Waals surface area contributed by atoms with Gasteiger partial charge in [-0.2, -0.15) is 0 Å². The molecule has 0 aromatic rings. The van der Waals surface area contributed by atoms with Crippen molar-refractivity contribution < 1.29 is 63.1 Å². The average molecular weight is 895 g/mol. The summed E-state index contributed by atoms with van der Waals surface area (Å²) in [5, 5.41) is 50.2. The van der Waals surface area contributed by atoms with E-state index >= 15 is 0 Å². The van der Waals surface area contributed by atoms with E-state index in [0.29, 0.717) is 12.8 Å². The predicted octanol–water partition coefficient (Wildman–Crippen LogP) is 10.1. The number of phosphoric ester groups is 1. The van der Waals surface area contributed by atoms with Crippen molar-refractivity contribution >= 4 is 19.8 Å². The lowest BCUT2D eigenvalue weighted by molar-refractivity contribution is -0.220. The molecular weight excluding hydrogens is 803 g/mol. The van der Waals surface area contributed by atoms with Gasteiger partial charge in [0.1, 0.15) is 43.2 Å². The van der Waals surface area contributed by atoms with Gasteiger partial charge in [-0.05, 0) is 12.8 Å². The van der Waals surface area contributed by atoms with Crippen molar-refractivity contribution in [2.75, 3.05) is 13.2 Å². The van der Waals surface area contributed by atoms with Crippen LogP contribution >= 0.6 is 7.82 Å². The number of hydrogen-bond acceptors (Lipinski definition) is 12. The number of aliphatic hydroxyl groups excluding tert-OH is 5. The molecule has 0 heterocycles. The second kappa shape index (κ2) is 38.2. The van der Waals surface area contributed by atoms with Crippen LogP contribution in [0.1, 0.15) is 232 Å². The molecule has 0 aliphatic heterocycles. The van der Waals surface area contributed by atoms with Crippen molar-refractivity contribution in [3.05, 3.63) is 0 Å². The van der Waals surface area contributed by atoms with E-state index in [4.69, 9.17) is 18.5 Å². The molecule has 14 heteroatoms. The molecule has 1 aliphatic carbocycles. The van der Waals surface area contributed by atoms with E-state index in [-0.39, 0.29) is 12.8 Å². The van der Waals surface area contributed by atoms with Crippen LogP contribution in [-0.4, -0.2) is 98.3 Å². The molecule has 6 N–H and O–H groups in total. The number of phosphoric acid groups is 1. The van der Waals surface area contributed by atoms with Crippen LogP contribution in [0.3, 0.4) is 0 Å². The van der Waals surface area contributed by atoms with Gasteiger partial charge in [-0.15, -0.1) is 0 Å².